The van der Waals surface area contributed by atoms with Crippen LogP contribution in [0.3, 0.4) is 0 Å². The molecule has 0 amide bonds. The summed E-state index contributed by atoms with van der Waals surface area (Å²) in [4.78, 5) is 0. The Morgan fingerprint density at radius 3 is 2.12 bits per heavy atom. The van der Waals surface area contributed by atoms with Crippen molar-refractivity contribution in [2.24, 2.45) is 17.1 Å². The lowest BCUT2D eigenvalue weighted by Gasteiger charge is -2.43. The Hall–Kier alpha value is -0.0400. The van der Waals surface area contributed by atoms with Crippen molar-refractivity contribution in [1.29, 1.82) is 0 Å². The molecule has 1 nitrogen and oxygen atoms in total. The summed E-state index contributed by atoms with van der Waals surface area (Å²) < 4.78 is 0. The molecule has 0 aromatic carbocycles. The number of rotatable bonds is 6. The predicted molar refractivity (Wildman–Crippen MR) is 77.1 cm³/mol. The molecular weight excluding hydrogens is 206 g/mol. The Bertz CT molecular complexity index is 210. The van der Waals surface area contributed by atoms with E-state index >= 15 is 0 Å². The Morgan fingerprint density at radius 1 is 1.06 bits per heavy atom. The minimum atomic E-state index is 0.157. The van der Waals surface area contributed by atoms with E-state index in [0.29, 0.717) is 5.41 Å². The van der Waals surface area contributed by atoms with E-state index in [-0.39, 0.29) is 5.54 Å². The third kappa shape index (κ3) is 4.99. The van der Waals surface area contributed by atoms with Gasteiger partial charge in [0.2, 0.25) is 0 Å². The fourth-order valence-electron chi connectivity index (χ4n) is 3.15. The second-order valence-electron chi connectivity index (χ2n) is 7.15. The maximum atomic E-state index is 6.63. The van der Waals surface area contributed by atoms with Gasteiger partial charge in [0, 0.05) is 5.54 Å². The zero-order valence-corrected chi connectivity index (χ0v) is 12.5. The summed E-state index contributed by atoms with van der Waals surface area (Å²) in [5.41, 5.74) is 7.32. The first-order chi connectivity index (χ1) is 7.91. The van der Waals surface area contributed by atoms with E-state index in [0.717, 1.165) is 5.92 Å². The lowest BCUT2D eigenvalue weighted by molar-refractivity contribution is 0.139. The molecule has 2 N–H and O–H groups in total. The van der Waals surface area contributed by atoms with E-state index in [9.17, 15) is 0 Å². The third-order valence-corrected chi connectivity index (χ3v) is 4.84. The van der Waals surface area contributed by atoms with Gasteiger partial charge < -0.3 is 5.73 Å². The largest absolute Gasteiger partial charge is 0.325 e. The summed E-state index contributed by atoms with van der Waals surface area (Å²) in [5.74, 6) is 0.862. The van der Waals surface area contributed by atoms with Gasteiger partial charge in [-0.25, -0.2) is 0 Å². The minimum absolute atomic E-state index is 0.157. The molecule has 0 aromatic heterocycles. The van der Waals surface area contributed by atoms with E-state index in [4.69, 9.17) is 5.73 Å². The molecule has 1 heteroatoms. The van der Waals surface area contributed by atoms with Gasteiger partial charge in [-0.3, -0.25) is 0 Å². The van der Waals surface area contributed by atoms with Crippen molar-refractivity contribution in [2.45, 2.75) is 91.0 Å². The van der Waals surface area contributed by atoms with Gasteiger partial charge in [-0.2, -0.15) is 0 Å². The summed E-state index contributed by atoms with van der Waals surface area (Å²) in [6.07, 6.45) is 11.8. The molecule has 17 heavy (non-hydrogen) atoms. The highest BCUT2D eigenvalue weighted by atomic mass is 14.8. The molecule has 0 radical (unpaired) electrons. The van der Waals surface area contributed by atoms with Gasteiger partial charge in [0.1, 0.15) is 0 Å². The molecule has 102 valence electrons. The lowest BCUT2D eigenvalue weighted by Crippen LogP contribution is -2.46. The van der Waals surface area contributed by atoms with Gasteiger partial charge in [0.25, 0.3) is 0 Å². The summed E-state index contributed by atoms with van der Waals surface area (Å²) >= 11 is 0. The zero-order valence-electron chi connectivity index (χ0n) is 12.5. The standard InChI is InChI=1S/C16H33N/c1-5-7-8-14(6-2)13-16(17)11-9-15(3,4)10-12-16/h14H,5-13,17H2,1-4H3. The first-order valence-corrected chi connectivity index (χ1v) is 7.70. The quantitative estimate of drug-likeness (QED) is 0.701. The average Bonchev–Trinajstić information content (AvgIpc) is 2.29. The van der Waals surface area contributed by atoms with Gasteiger partial charge in [-0.1, -0.05) is 53.4 Å². The van der Waals surface area contributed by atoms with Crippen LogP contribution in [-0.2, 0) is 0 Å². The normalized spacial score (nSPS) is 24.5. The second-order valence-corrected chi connectivity index (χ2v) is 7.15. The van der Waals surface area contributed by atoms with Crippen molar-refractivity contribution in [3.8, 4) is 0 Å². The fourth-order valence-corrected chi connectivity index (χ4v) is 3.15. The molecule has 1 aliphatic rings. The van der Waals surface area contributed by atoms with Crippen molar-refractivity contribution in [3.63, 3.8) is 0 Å². The Morgan fingerprint density at radius 2 is 1.65 bits per heavy atom. The van der Waals surface area contributed by atoms with Crippen LogP contribution in [0.25, 0.3) is 0 Å². The maximum absolute atomic E-state index is 6.63. The Balaban J connectivity index is 2.43. The molecule has 1 fully saturated rings. The van der Waals surface area contributed by atoms with Crippen molar-refractivity contribution in [2.75, 3.05) is 0 Å². The van der Waals surface area contributed by atoms with E-state index in [2.05, 4.69) is 27.7 Å². The Labute approximate surface area is 109 Å². The molecular formula is C16H33N. The van der Waals surface area contributed by atoms with Gasteiger partial charge in [-0.15, -0.1) is 0 Å². The van der Waals surface area contributed by atoms with Crippen molar-refractivity contribution in [1.82, 2.24) is 0 Å². The van der Waals surface area contributed by atoms with E-state index in [1.54, 1.807) is 0 Å². The van der Waals surface area contributed by atoms with Crippen LogP contribution in [0.15, 0.2) is 0 Å². The van der Waals surface area contributed by atoms with Crippen LogP contribution in [0, 0.1) is 11.3 Å². The monoisotopic (exact) mass is 239 g/mol. The summed E-state index contributed by atoms with van der Waals surface area (Å²) in [5, 5.41) is 0. The van der Waals surface area contributed by atoms with Crippen LogP contribution in [0.1, 0.15) is 85.5 Å². The molecule has 0 saturated heterocycles. The van der Waals surface area contributed by atoms with E-state index < -0.39 is 0 Å². The first-order valence-electron chi connectivity index (χ1n) is 7.70. The van der Waals surface area contributed by atoms with E-state index in [1.807, 2.05) is 0 Å². The molecule has 1 aliphatic carbocycles. The van der Waals surface area contributed by atoms with Gasteiger partial charge >= 0.3 is 0 Å². The summed E-state index contributed by atoms with van der Waals surface area (Å²) in [7, 11) is 0. The highest BCUT2D eigenvalue weighted by molar-refractivity contribution is 4.93. The number of unbranched alkanes of at least 4 members (excludes halogenated alkanes) is 1. The molecule has 0 aliphatic heterocycles. The number of hydrogen-bond donors (Lipinski definition) is 1. The van der Waals surface area contributed by atoms with Crippen LogP contribution in [0.4, 0.5) is 0 Å². The fraction of sp³-hybridized carbons (Fsp3) is 1.00. The van der Waals surface area contributed by atoms with E-state index in [1.165, 1.54) is 57.8 Å². The molecule has 0 aromatic rings. The predicted octanol–water partition coefficient (Wildman–Crippen LogP) is 4.89. The molecule has 0 bridgehead atoms. The molecule has 1 atom stereocenters. The smallest absolute Gasteiger partial charge is 0.0157 e. The Kier molecular flexibility index (Phi) is 5.50. The number of hydrogen-bond acceptors (Lipinski definition) is 1. The highest BCUT2D eigenvalue weighted by Crippen LogP contribution is 2.42. The van der Waals surface area contributed by atoms with Crippen molar-refractivity contribution in [3.05, 3.63) is 0 Å². The topological polar surface area (TPSA) is 26.0 Å². The second kappa shape index (κ2) is 6.22. The van der Waals surface area contributed by atoms with Crippen LogP contribution in [0.2, 0.25) is 0 Å². The van der Waals surface area contributed by atoms with Crippen LogP contribution < -0.4 is 5.73 Å². The average molecular weight is 239 g/mol. The van der Waals surface area contributed by atoms with Gasteiger partial charge in [-0.05, 0) is 43.4 Å². The highest BCUT2D eigenvalue weighted by Gasteiger charge is 2.36. The lowest BCUT2D eigenvalue weighted by atomic mass is 9.67. The molecule has 0 heterocycles. The molecule has 1 unspecified atom stereocenters. The summed E-state index contributed by atoms with van der Waals surface area (Å²) in [6, 6.07) is 0. The van der Waals surface area contributed by atoms with Crippen LogP contribution >= 0.6 is 0 Å². The molecule has 1 rings (SSSR count). The van der Waals surface area contributed by atoms with Crippen LogP contribution in [0.5, 0.6) is 0 Å². The number of nitrogens with two attached hydrogens (primary N) is 1. The van der Waals surface area contributed by atoms with Gasteiger partial charge in [0.15, 0.2) is 0 Å². The van der Waals surface area contributed by atoms with Crippen molar-refractivity contribution < 1.29 is 0 Å². The maximum Gasteiger partial charge on any atom is 0.0157 e. The molecule has 0 spiro atoms. The molecule has 1 saturated carbocycles. The third-order valence-electron chi connectivity index (χ3n) is 4.84. The summed E-state index contributed by atoms with van der Waals surface area (Å²) in [6.45, 7) is 9.40. The zero-order chi connectivity index (χ0) is 12.9. The first kappa shape index (κ1) is 15.0. The SMILES string of the molecule is CCCCC(CC)CC1(N)CCC(C)(C)CC1. The minimum Gasteiger partial charge on any atom is -0.325 e. The van der Waals surface area contributed by atoms with Crippen LogP contribution in [-0.4, -0.2) is 5.54 Å². The van der Waals surface area contributed by atoms with Gasteiger partial charge in [0.05, 0.1) is 0 Å². The van der Waals surface area contributed by atoms with Crippen molar-refractivity contribution >= 4 is 0 Å².